The van der Waals surface area contributed by atoms with E-state index in [-0.39, 0.29) is 17.3 Å². The molecule has 2 aromatic carbocycles. The lowest BCUT2D eigenvalue weighted by Crippen LogP contribution is -2.15. The maximum Gasteiger partial charge on any atom is 0.234 e. The number of thioether (sulfide) groups is 1. The van der Waals surface area contributed by atoms with Crippen LogP contribution in [0, 0.1) is 5.82 Å². The van der Waals surface area contributed by atoms with Gasteiger partial charge in [0, 0.05) is 16.5 Å². The number of carbonyl (C=O) groups excluding carboxylic acids is 1. The van der Waals surface area contributed by atoms with E-state index in [4.69, 9.17) is 11.6 Å². The molecule has 0 unspecified atom stereocenters. The van der Waals surface area contributed by atoms with Gasteiger partial charge in [0.2, 0.25) is 5.91 Å². The molecular formula is C16H12BrClFN3OS. The third-order valence-corrected chi connectivity index (χ3v) is 5.10. The molecule has 1 heterocycles. The van der Waals surface area contributed by atoms with Crippen molar-refractivity contribution in [3.63, 3.8) is 0 Å². The molecule has 0 fully saturated rings. The second kappa shape index (κ2) is 7.13. The minimum absolute atomic E-state index is 0.125. The van der Waals surface area contributed by atoms with Crippen LogP contribution in [0.4, 0.5) is 10.1 Å². The van der Waals surface area contributed by atoms with Crippen molar-refractivity contribution >= 4 is 61.9 Å². The number of hydrogen-bond donors (Lipinski definition) is 1. The molecule has 1 N–H and O–H groups in total. The third-order valence-electron chi connectivity index (χ3n) is 3.34. The van der Waals surface area contributed by atoms with Crippen LogP contribution in [0.1, 0.15) is 0 Å². The molecule has 8 heteroatoms. The summed E-state index contributed by atoms with van der Waals surface area (Å²) in [7, 11) is 1.87. The summed E-state index contributed by atoms with van der Waals surface area (Å²) in [5.41, 5.74) is 1.86. The van der Waals surface area contributed by atoms with Gasteiger partial charge in [0.1, 0.15) is 5.82 Å². The van der Waals surface area contributed by atoms with Gasteiger partial charge in [-0.25, -0.2) is 9.37 Å². The Hall–Kier alpha value is -1.57. The number of aromatic nitrogens is 2. The van der Waals surface area contributed by atoms with E-state index in [0.29, 0.717) is 14.7 Å². The van der Waals surface area contributed by atoms with Gasteiger partial charge in [0.05, 0.1) is 22.5 Å². The van der Waals surface area contributed by atoms with E-state index in [2.05, 4.69) is 26.2 Å². The van der Waals surface area contributed by atoms with E-state index < -0.39 is 5.82 Å². The minimum atomic E-state index is -0.486. The van der Waals surface area contributed by atoms with Crippen LogP contribution in [-0.2, 0) is 11.8 Å². The van der Waals surface area contributed by atoms with Gasteiger partial charge in [-0.2, -0.15) is 0 Å². The first-order valence-corrected chi connectivity index (χ1v) is 9.09. The van der Waals surface area contributed by atoms with E-state index in [1.165, 1.54) is 23.9 Å². The molecule has 0 atom stereocenters. The molecule has 0 saturated carbocycles. The Balaban J connectivity index is 1.69. The summed E-state index contributed by atoms with van der Waals surface area (Å²) in [5, 5.41) is 3.86. The molecule has 0 bridgehead atoms. The highest BCUT2D eigenvalue weighted by molar-refractivity contribution is 9.10. The molecule has 0 aliphatic carbocycles. The van der Waals surface area contributed by atoms with Gasteiger partial charge in [-0.05, 0) is 36.4 Å². The van der Waals surface area contributed by atoms with E-state index in [0.717, 1.165) is 11.0 Å². The lowest BCUT2D eigenvalue weighted by molar-refractivity contribution is -0.113. The number of anilines is 1. The van der Waals surface area contributed by atoms with E-state index in [9.17, 15) is 9.18 Å². The molecule has 0 radical (unpaired) electrons. The van der Waals surface area contributed by atoms with Crippen molar-refractivity contribution < 1.29 is 9.18 Å². The number of aryl methyl sites for hydroxylation is 1. The number of amides is 1. The molecule has 1 aromatic heterocycles. The van der Waals surface area contributed by atoms with Gasteiger partial charge in [0.25, 0.3) is 0 Å². The third kappa shape index (κ3) is 3.74. The molecule has 4 nitrogen and oxygen atoms in total. The average molecular weight is 429 g/mol. The van der Waals surface area contributed by atoms with Crippen molar-refractivity contribution in [2.45, 2.75) is 5.16 Å². The number of halogens is 3. The summed E-state index contributed by atoms with van der Waals surface area (Å²) in [6, 6.07) is 9.94. The van der Waals surface area contributed by atoms with Gasteiger partial charge >= 0.3 is 0 Å². The Morgan fingerprint density at radius 3 is 2.92 bits per heavy atom. The predicted molar refractivity (Wildman–Crippen MR) is 99.2 cm³/mol. The highest BCUT2D eigenvalue weighted by atomic mass is 79.9. The normalized spacial score (nSPS) is 11.0. The fourth-order valence-corrected chi connectivity index (χ4v) is 3.47. The second-order valence-corrected chi connectivity index (χ2v) is 7.34. The molecule has 0 aliphatic rings. The zero-order valence-electron chi connectivity index (χ0n) is 12.5. The maximum absolute atomic E-state index is 13.7. The molecule has 1 amide bonds. The van der Waals surface area contributed by atoms with Gasteiger partial charge in [-0.1, -0.05) is 39.3 Å². The van der Waals surface area contributed by atoms with Gasteiger partial charge in [0.15, 0.2) is 5.16 Å². The number of rotatable bonds is 4. The number of fused-ring (bicyclic) bond motifs is 1. The number of nitrogens with zero attached hydrogens (tertiary/aromatic N) is 2. The summed E-state index contributed by atoms with van der Waals surface area (Å²) < 4.78 is 16.2. The Morgan fingerprint density at radius 1 is 1.38 bits per heavy atom. The number of imidazole rings is 1. The fourth-order valence-electron chi connectivity index (χ4n) is 2.19. The van der Waals surface area contributed by atoms with Crippen molar-refractivity contribution in [3.8, 4) is 0 Å². The van der Waals surface area contributed by atoms with Crippen molar-refractivity contribution in [1.29, 1.82) is 0 Å². The molecule has 3 rings (SSSR count). The van der Waals surface area contributed by atoms with Crippen LogP contribution in [0.2, 0.25) is 5.02 Å². The first kappa shape index (κ1) is 17.3. The maximum atomic E-state index is 13.7. The van der Waals surface area contributed by atoms with Gasteiger partial charge in [-0.3, -0.25) is 4.79 Å². The number of benzene rings is 2. The van der Waals surface area contributed by atoms with E-state index in [1.54, 1.807) is 18.2 Å². The largest absolute Gasteiger partial charge is 0.323 e. The van der Waals surface area contributed by atoms with Crippen molar-refractivity contribution in [2.75, 3.05) is 11.1 Å². The SMILES string of the molecule is Cn1c(SCC(=O)Nc2ccc(Br)cc2F)nc2cc(Cl)ccc21. The first-order valence-electron chi connectivity index (χ1n) is 6.94. The molecule has 3 aromatic rings. The Bertz CT molecular complexity index is 931. The van der Waals surface area contributed by atoms with Crippen LogP contribution in [0.25, 0.3) is 11.0 Å². The smallest absolute Gasteiger partial charge is 0.234 e. The lowest BCUT2D eigenvalue weighted by Gasteiger charge is -2.06. The summed E-state index contributed by atoms with van der Waals surface area (Å²) in [4.78, 5) is 16.5. The number of hydrogen-bond acceptors (Lipinski definition) is 3. The fraction of sp³-hybridized carbons (Fsp3) is 0.125. The molecule has 0 aliphatic heterocycles. The standard InChI is InChI=1S/C16H12BrClFN3OS/c1-22-14-5-3-10(18)7-13(14)21-16(22)24-8-15(23)20-12-4-2-9(17)6-11(12)19/h2-7H,8H2,1H3,(H,20,23). The van der Waals surface area contributed by atoms with Crippen molar-refractivity contribution in [1.82, 2.24) is 9.55 Å². The van der Waals surface area contributed by atoms with Crippen LogP contribution in [0.15, 0.2) is 46.0 Å². The quantitative estimate of drug-likeness (QED) is 0.604. The average Bonchev–Trinajstić information content (AvgIpc) is 2.83. The predicted octanol–water partition coefficient (Wildman–Crippen LogP) is 4.86. The molecule has 24 heavy (non-hydrogen) atoms. The van der Waals surface area contributed by atoms with Crippen LogP contribution in [0.3, 0.4) is 0 Å². The van der Waals surface area contributed by atoms with E-state index >= 15 is 0 Å². The lowest BCUT2D eigenvalue weighted by atomic mass is 10.3. The highest BCUT2D eigenvalue weighted by Crippen LogP contribution is 2.25. The zero-order valence-corrected chi connectivity index (χ0v) is 15.7. The summed E-state index contributed by atoms with van der Waals surface area (Å²) in [5.74, 6) is -0.660. The first-order chi connectivity index (χ1) is 11.4. The molecule has 0 saturated heterocycles. The molecule has 124 valence electrons. The van der Waals surface area contributed by atoms with Crippen molar-refractivity contribution in [2.24, 2.45) is 7.05 Å². The monoisotopic (exact) mass is 427 g/mol. The van der Waals surface area contributed by atoms with Crippen LogP contribution in [0.5, 0.6) is 0 Å². The van der Waals surface area contributed by atoms with Crippen LogP contribution < -0.4 is 5.32 Å². The molecular weight excluding hydrogens is 417 g/mol. The van der Waals surface area contributed by atoms with Crippen LogP contribution >= 0.6 is 39.3 Å². The molecule has 0 spiro atoms. The van der Waals surface area contributed by atoms with Crippen molar-refractivity contribution in [3.05, 3.63) is 51.7 Å². The Labute approximate surface area is 155 Å². The number of nitrogens with one attached hydrogen (secondary N) is 1. The summed E-state index contributed by atoms with van der Waals surface area (Å²) in [6.07, 6.45) is 0. The number of carbonyl (C=O) groups is 1. The van der Waals surface area contributed by atoms with Gasteiger partial charge in [-0.15, -0.1) is 0 Å². The topological polar surface area (TPSA) is 46.9 Å². The summed E-state index contributed by atoms with van der Waals surface area (Å²) >= 11 is 10.4. The minimum Gasteiger partial charge on any atom is -0.323 e. The second-order valence-electron chi connectivity index (χ2n) is 5.05. The Kier molecular flexibility index (Phi) is 5.12. The van der Waals surface area contributed by atoms with E-state index in [1.807, 2.05) is 17.7 Å². The Morgan fingerprint density at radius 2 is 2.17 bits per heavy atom. The highest BCUT2D eigenvalue weighted by Gasteiger charge is 2.12. The van der Waals surface area contributed by atoms with Crippen LogP contribution in [-0.4, -0.2) is 21.2 Å². The zero-order chi connectivity index (χ0) is 17.3. The van der Waals surface area contributed by atoms with Gasteiger partial charge < -0.3 is 9.88 Å². The summed E-state index contributed by atoms with van der Waals surface area (Å²) in [6.45, 7) is 0.